The summed E-state index contributed by atoms with van der Waals surface area (Å²) in [4.78, 5) is 30.6. The van der Waals surface area contributed by atoms with Gasteiger partial charge in [0.05, 0.1) is 12.3 Å². The van der Waals surface area contributed by atoms with Crippen LogP contribution in [0.5, 0.6) is 0 Å². The van der Waals surface area contributed by atoms with E-state index in [0.29, 0.717) is 52.9 Å². The molecule has 3 aromatic rings. The van der Waals surface area contributed by atoms with E-state index in [4.69, 9.17) is 23.2 Å². The highest BCUT2D eigenvalue weighted by atomic mass is 35.5. The highest BCUT2D eigenvalue weighted by molar-refractivity contribution is 7.99. The molecule has 0 bridgehead atoms. The number of benzene rings is 1. The maximum absolute atomic E-state index is 12.4. The van der Waals surface area contributed by atoms with Crippen molar-refractivity contribution >= 4 is 46.8 Å². The summed E-state index contributed by atoms with van der Waals surface area (Å²) in [5, 5.41) is 13.0. The third kappa shape index (κ3) is 5.40. The molecule has 3 heterocycles. The minimum Gasteiger partial charge on any atom is -0.351 e. The Kier molecular flexibility index (Phi) is 7.29. The van der Waals surface area contributed by atoms with Crippen molar-refractivity contribution in [3.63, 3.8) is 0 Å². The van der Waals surface area contributed by atoms with Crippen LogP contribution in [0.4, 0.5) is 0 Å². The van der Waals surface area contributed by atoms with Crippen molar-refractivity contribution in [2.24, 2.45) is 0 Å². The van der Waals surface area contributed by atoms with E-state index in [1.807, 2.05) is 18.2 Å². The van der Waals surface area contributed by atoms with E-state index < -0.39 is 0 Å². The number of aromatic nitrogens is 4. The lowest BCUT2D eigenvalue weighted by molar-refractivity contribution is -0.128. The molecule has 0 atom stereocenters. The second kappa shape index (κ2) is 10.3. The number of rotatable bonds is 8. The lowest BCUT2D eigenvalue weighted by atomic mass is 10.2. The third-order valence-corrected chi connectivity index (χ3v) is 6.42. The first kappa shape index (κ1) is 22.6. The molecule has 4 rings (SSSR count). The molecule has 1 fully saturated rings. The topological polar surface area (TPSA) is 93.0 Å². The summed E-state index contributed by atoms with van der Waals surface area (Å²) in [6.45, 7) is 1.35. The maximum Gasteiger partial charge on any atom is 0.230 e. The molecule has 1 aromatic carbocycles. The van der Waals surface area contributed by atoms with Crippen molar-refractivity contribution in [2.45, 2.75) is 31.1 Å². The minimum atomic E-state index is -0.173. The lowest BCUT2D eigenvalue weighted by Gasteiger charge is -2.16. The zero-order valence-electron chi connectivity index (χ0n) is 17.0. The largest absolute Gasteiger partial charge is 0.351 e. The Morgan fingerprint density at radius 2 is 2.06 bits per heavy atom. The predicted octanol–water partition coefficient (Wildman–Crippen LogP) is 3.50. The summed E-state index contributed by atoms with van der Waals surface area (Å²) < 4.78 is 1.79. The number of carbonyl (C=O) groups excluding carboxylic acids is 2. The smallest absolute Gasteiger partial charge is 0.230 e. The van der Waals surface area contributed by atoms with Crippen LogP contribution in [-0.4, -0.2) is 48.8 Å². The van der Waals surface area contributed by atoms with Gasteiger partial charge in [-0.25, -0.2) is 4.98 Å². The Bertz CT molecular complexity index is 1120. The van der Waals surface area contributed by atoms with Gasteiger partial charge < -0.3 is 10.2 Å². The molecule has 8 nitrogen and oxygen atoms in total. The summed E-state index contributed by atoms with van der Waals surface area (Å²) in [6.07, 6.45) is 3.07. The predicted molar refractivity (Wildman–Crippen MR) is 123 cm³/mol. The summed E-state index contributed by atoms with van der Waals surface area (Å²) in [5.41, 5.74) is 0.781. The highest BCUT2D eigenvalue weighted by Gasteiger charge is 2.24. The van der Waals surface area contributed by atoms with Gasteiger partial charge in [-0.3, -0.25) is 14.2 Å². The zero-order chi connectivity index (χ0) is 22.5. The van der Waals surface area contributed by atoms with E-state index in [1.165, 1.54) is 11.8 Å². The molecule has 11 heteroatoms. The van der Waals surface area contributed by atoms with Crippen LogP contribution >= 0.6 is 35.0 Å². The van der Waals surface area contributed by atoms with Crippen LogP contribution in [0.1, 0.15) is 24.2 Å². The molecule has 0 unspecified atom stereocenters. The zero-order valence-corrected chi connectivity index (χ0v) is 19.3. The molecule has 0 saturated carbocycles. The monoisotopic (exact) mass is 490 g/mol. The number of carbonyl (C=O) groups is 2. The Hall–Kier alpha value is -2.62. The number of nitrogens with zero attached hydrogens (tertiary/aromatic N) is 5. The Labute approximate surface area is 199 Å². The van der Waals surface area contributed by atoms with Gasteiger partial charge in [0.2, 0.25) is 11.8 Å². The molecule has 32 heavy (non-hydrogen) atoms. The normalized spacial score (nSPS) is 13.6. The van der Waals surface area contributed by atoms with Gasteiger partial charge in [-0.1, -0.05) is 47.1 Å². The van der Waals surface area contributed by atoms with E-state index in [0.717, 1.165) is 12.0 Å². The SMILES string of the molecule is O=C(CSc1nnc(CN2CCCC2=O)n1-c1ccccn1)NCc1ccc(Cl)cc1Cl. The molecule has 0 radical (unpaired) electrons. The van der Waals surface area contributed by atoms with Crippen LogP contribution in [0.15, 0.2) is 47.8 Å². The first-order chi connectivity index (χ1) is 15.5. The summed E-state index contributed by atoms with van der Waals surface area (Å²) in [5.74, 6) is 1.31. The number of likely N-dealkylation sites (tertiary alicyclic amines) is 1. The highest BCUT2D eigenvalue weighted by Crippen LogP contribution is 2.24. The Balaban J connectivity index is 1.44. The molecule has 2 amide bonds. The van der Waals surface area contributed by atoms with E-state index >= 15 is 0 Å². The van der Waals surface area contributed by atoms with Gasteiger partial charge in [0, 0.05) is 35.8 Å². The number of pyridine rings is 1. The number of thioether (sulfide) groups is 1. The van der Waals surface area contributed by atoms with Crippen LogP contribution in [0.3, 0.4) is 0 Å². The average Bonchev–Trinajstić information content (AvgIpc) is 3.38. The van der Waals surface area contributed by atoms with Crippen molar-refractivity contribution in [2.75, 3.05) is 12.3 Å². The molecular weight excluding hydrogens is 471 g/mol. The molecule has 1 aliphatic heterocycles. The maximum atomic E-state index is 12.4. The number of hydrogen-bond donors (Lipinski definition) is 1. The second-order valence-corrected chi connectivity index (χ2v) is 8.93. The third-order valence-electron chi connectivity index (χ3n) is 4.91. The molecule has 1 saturated heterocycles. The van der Waals surface area contributed by atoms with E-state index in [9.17, 15) is 9.59 Å². The van der Waals surface area contributed by atoms with Crippen molar-refractivity contribution in [3.8, 4) is 5.82 Å². The van der Waals surface area contributed by atoms with Gasteiger partial charge in [0.15, 0.2) is 11.0 Å². The molecule has 166 valence electrons. The fourth-order valence-corrected chi connectivity index (χ4v) is 4.56. The van der Waals surface area contributed by atoms with E-state index in [1.54, 1.807) is 33.9 Å². The van der Waals surface area contributed by atoms with Crippen molar-refractivity contribution in [1.82, 2.24) is 30.0 Å². The first-order valence-electron chi connectivity index (χ1n) is 9.98. The van der Waals surface area contributed by atoms with Crippen molar-refractivity contribution in [3.05, 3.63) is 64.0 Å². The van der Waals surface area contributed by atoms with Gasteiger partial charge in [-0.05, 0) is 36.2 Å². The summed E-state index contributed by atoms with van der Waals surface area (Å²) in [6, 6.07) is 10.7. The van der Waals surface area contributed by atoms with Crippen molar-refractivity contribution in [1.29, 1.82) is 0 Å². The van der Waals surface area contributed by atoms with Gasteiger partial charge in [-0.2, -0.15) is 0 Å². The van der Waals surface area contributed by atoms with Gasteiger partial charge in [-0.15, -0.1) is 10.2 Å². The first-order valence-corrected chi connectivity index (χ1v) is 11.7. The van der Waals surface area contributed by atoms with Crippen LogP contribution in [0.25, 0.3) is 5.82 Å². The van der Waals surface area contributed by atoms with Gasteiger partial charge >= 0.3 is 0 Å². The van der Waals surface area contributed by atoms with Crippen molar-refractivity contribution < 1.29 is 9.59 Å². The van der Waals surface area contributed by atoms with Gasteiger partial charge in [0.1, 0.15) is 5.82 Å². The van der Waals surface area contributed by atoms with Crippen LogP contribution < -0.4 is 5.32 Å². The minimum absolute atomic E-state index is 0.106. The molecule has 0 aliphatic carbocycles. The van der Waals surface area contributed by atoms with Crippen LogP contribution in [0.2, 0.25) is 10.0 Å². The van der Waals surface area contributed by atoms with Gasteiger partial charge in [0.25, 0.3) is 0 Å². The standard InChI is InChI=1S/C21H20Cl2N6O2S/c22-15-7-6-14(16(23)10-15)11-25-19(30)13-32-21-27-26-18(12-28-9-3-5-20(28)31)29(21)17-4-1-2-8-24-17/h1-2,4,6-8,10H,3,5,9,11-13H2,(H,25,30). The molecule has 0 spiro atoms. The number of nitrogens with one attached hydrogen (secondary N) is 1. The van der Waals surface area contributed by atoms with E-state index in [-0.39, 0.29) is 17.6 Å². The fraction of sp³-hybridized carbons (Fsp3) is 0.286. The number of hydrogen-bond acceptors (Lipinski definition) is 6. The summed E-state index contributed by atoms with van der Waals surface area (Å²) in [7, 11) is 0. The van der Waals surface area contributed by atoms with Crippen LogP contribution in [-0.2, 0) is 22.7 Å². The molecule has 1 N–H and O–H groups in total. The molecular formula is C21H20Cl2N6O2S. The number of amides is 2. The molecule has 2 aromatic heterocycles. The lowest BCUT2D eigenvalue weighted by Crippen LogP contribution is -2.26. The fourth-order valence-electron chi connectivity index (χ4n) is 3.29. The Morgan fingerprint density at radius 1 is 1.19 bits per heavy atom. The summed E-state index contributed by atoms with van der Waals surface area (Å²) >= 11 is 13.3. The quantitative estimate of drug-likeness (QED) is 0.485. The average molecular weight is 491 g/mol. The Morgan fingerprint density at radius 3 is 2.78 bits per heavy atom. The van der Waals surface area contributed by atoms with E-state index in [2.05, 4.69) is 20.5 Å². The second-order valence-electron chi connectivity index (χ2n) is 7.14. The number of halogens is 2. The molecule has 1 aliphatic rings. The van der Waals surface area contributed by atoms with Crippen LogP contribution in [0, 0.1) is 0 Å².